The Balaban J connectivity index is 2.32. The second kappa shape index (κ2) is 6.81. The van der Waals surface area contributed by atoms with E-state index in [2.05, 4.69) is 10.1 Å². The predicted octanol–water partition coefficient (Wildman–Crippen LogP) is 4.34. The van der Waals surface area contributed by atoms with E-state index in [0.29, 0.717) is 16.3 Å². The van der Waals surface area contributed by atoms with Crippen LogP contribution in [0, 0.1) is 6.92 Å². The zero-order chi connectivity index (χ0) is 16.3. The first-order valence-electron chi connectivity index (χ1n) is 6.38. The van der Waals surface area contributed by atoms with Crippen LogP contribution in [0.2, 0.25) is 10.0 Å². The molecule has 0 saturated carbocycles. The molecule has 1 amide bonds. The maximum Gasteiger partial charge on any atom is 0.337 e. The van der Waals surface area contributed by atoms with Crippen LogP contribution >= 0.6 is 23.2 Å². The lowest BCUT2D eigenvalue weighted by Crippen LogP contribution is -2.14. The van der Waals surface area contributed by atoms with Crippen LogP contribution in [0.15, 0.2) is 36.4 Å². The van der Waals surface area contributed by atoms with Crippen molar-refractivity contribution in [3.05, 3.63) is 63.1 Å². The van der Waals surface area contributed by atoms with Gasteiger partial charge in [0.2, 0.25) is 0 Å². The molecule has 2 rings (SSSR count). The Morgan fingerprint density at radius 1 is 1.14 bits per heavy atom. The molecule has 0 saturated heterocycles. The van der Waals surface area contributed by atoms with Gasteiger partial charge in [-0.1, -0.05) is 35.3 Å². The van der Waals surface area contributed by atoms with E-state index in [9.17, 15) is 9.59 Å². The number of carbonyl (C=O) groups is 2. The molecule has 0 spiro atoms. The molecule has 0 heterocycles. The highest BCUT2D eigenvalue weighted by Gasteiger charge is 2.15. The molecule has 0 aliphatic heterocycles. The summed E-state index contributed by atoms with van der Waals surface area (Å²) in [5.41, 5.74) is 1.92. The van der Waals surface area contributed by atoms with E-state index >= 15 is 0 Å². The Hall–Kier alpha value is -2.04. The summed E-state index contributed by atoms with van der Waals surface area (Å²) in [6, 6.07) is 9.72. The summed E-state index contributed by atoms with van der Waals surface area (Å²) in [4.78, 5) is 23.9. The number of hydrogen-bond acceptors (Lipinski definition) is 3. The highest BCUT2D eigenvalue weighted by molar-refractivity contribution is 6.44. The van der Waals surface area contributed by atoms with Gasteiger partial charge in [-0.25, -0.2) is 4.79 Å². The van der Waals surface area contributed by atoms with Crippen molar-refractivity contribution in [2.45, 2.75) is 6.92 Å². The van der Waals surface area contributed by atoms with Crippen LogP contribution < -0.4 is 5.32 Å². The summed E-state index contributed by atoms with van der Waals surface area (Å²) >= 11 is 11.9. The number of methoxy groups -OCH3 is 1. The van der Waals surface area contributed by atoms with Gasteiger partial charge in [0.15, 0.2) is 0 Å². The lowest BCUT2D eigenvalue weighted by atomic mass is 10.1. The fraction of sp³-hybridized carbons (Fsp3) is 0.125. The first-order valence-corrected chi connectivity index (χ1v) is 7.14. The summed E-state index contributed by atoms with van der Waals surface area (Å²) in [7, 11) is 1.30. The topological polar surface area (TPSA) is 55.4 Å². The van der Waals surface area contributed by atoms with Crippen molar-refractivity contribution in [2.24, 2.45) is 0 Å². The number of hydrogen-bond donors (Lipinski definition) is 1. The summed E-state index contributed by atoms with van der Waals surface area (Å²) in [6.45, 7) is 1.82. The summed E-state index contributed by atoms with van der Waals surface area (Å²) in [5.74, 6) is -0.881. The van der Waals surface area contributed by atoms with Crippen molar-refractivity contribution >= 4 is 40.8 Å². The lowest BCUT2D eigenvalue weighted by molar-refractivity contribution is 0.0600. The second-order valence-electron chi connectivity index (χ2n) is 4.58. The van der Waals surface area contributed by atoms with Crippen LogP contribution in [-0.2, 0) is 4.74 Å². The van der Waals surface area contributed by atoms with Gasteiger partial charge >= 0.3 is 5.97 Å². The number of carbonyl (C=O) groups excluding carboxylic acids is 2. The summed E-state index contributed by atoms with van der Waals surface area (Å²) < 4.78 is 4.67. The van der Waals surface area contributed by atoms with Gasteiger partial charge in [-0.05, 0) is 36.8 Å². The fourth-order valence-corrected chi connectivity index (χ4v) is 2.26. The lowest BCUT2D eigenvalue weighted by Gasteiger charge is -2.11. The van der Waals surface area contributed by atoms with Gasteiger partial charge in [0.05, 0.1) is 28.3 Å². The SMILES string of the molecule is COC(=O)c1ccc(C)c(NC(=O)c2cccc(Cl)c2Cl)c1. The van der Waals surface area contributed by atoms with Gasteiger partial charge in [-0.3, -0.25) is 4.79 Å². The van der Waals surface area contributed by atoms with E-state index in [1.807, 2.05) is 6.92 Å². The van der Waals surface area contributed by atoms with Crippen LogP contribution in [0.4, 0.5) is 5.69 Å². The third-order valence-corrected chi connectivity index (χ3v) is 3.92. The first-order chi connectivity index (χ1) is 10.4. The third kappa shape index (κ3) is 3.40. The van der Waals surface area contributed by atoms with Crippen LogP contribution in [-0.4, -0.2) is 19.0 Å². The zero-order valence-corrected chi connectivity index (χ0v) is 13.5. The molecule has 0 radical (unpaired) electrons. The maximum atomic E-state index is 12.3. The molecule has 0 bridgehead atoms. The zero-order valence-electron chi connectivity index (χ0n) is 11.9. The van der Waals surface area contributed by atoms with Crippen LogP contribution in [0.25, 0.3) is 0 Å². The minimum absolute atomic E-state index is 0.184. The Morgan fingerprint density at radius 3 is 2.55 bits per heavy atom. The van der Waals surface area contributed by atoms with Crippen molar-refractivity contribution in [3.63, 3.8) is 0 Å². The number of rotatable bonds is 3. The number of aryl methyl sites for hydroxylation is 1. The number of benzene rings is 2. The van der Waals surface area contributed by atoms with E-state index in [-0.39, 0.29) is 10.6 Å². The highest BCUT2D eigenvalue weighted by atomic mass is 35.5. The normalized spacial score (nSPS) is 10.2. The number of anilines is 1. The molecule has 4 nitrogen and oxygen atoms in total. The Kier molecular flexibility index (Phi) is 5.06. The van der Waals surface area contributed by atoms with Gasteiger partial charge in [-0.15, -0.1) is 0 Å². The van der Waals surface area contributed by atoms with Crippen molar-refractivity contribution in [1.82, 2.24) is 0 Å². The predicted molar refractivity (Wildman–Crippen MR) is 86.9 cm³/mol. The van der Waals surface area contributed by atoms with Gasteiger partial charge in [0.1, 0.15) is 0 Å². The quantitative estimate of drug-likeness (QED) is 0.847. The third-order valence-electron chi connectivity index (χ3n) is 3.10. The molecule has 2 aromatic carbocycles. The molecule has 0 aliphatic carbocycles. The van der Waals surface area contributed by atoms with Crippen molar-refractivity contribution < 1.29 is 14.3 Å². The highest BCUT2D eigenvalue weighted by Crippen LogP contribution is 2.27. The smallest absolute Gasteiger partial charge is 0.337 e. The van der Waals surface area contributed by atoms with Crippen LogP contribution in [0.1, 0.15) is 26.3 Å². The van der Waals surface area contributed by atoms with E-state index in [1.165, 1.54) is 7.11 Å². The Morgan fingerprint density at radius 2 is 1.86 bits per heavy atom. The van der Waals surface area contributed by atoms with Gasteiger partial charge in [0.25, 0.3) is 5.91 Å². The average Bonchev–Trinajstić information content (AvgIpc) is 2.51. The van der Waals surface area contributed by atoms with E-state index < -0.39 is 11.9 Å². The van der Waals surface area contributed by atoms with Crippen molar-refractivity contribution in [3.8, 4) is 0 Å². The number of halogens is 2. The van der Waals surface area contributed by atoms with Crippen molar-refractivity contribution in [1.29, 1.82) is 0 Å². The minimum atomic E-state index is -0.476. The molecule has 22 heavy (non-hydrogen) atoms. The average molecular weight is 338 g/mol. The molecule has 1 N–H and O–H groups in total. The summed E-state index contributed by atoms with van der Waals surface area (Å²) in [5, 5.41) is 3.21. The van der Waals surface area contributed by atoms with Gasteiger partial charge in [-0.2, -0.15) is 0 Å². The maximum absolute atomic E-state index is 12.3. The molecule has 2 aromatic rings. The number of amides is 1. The molecule has 114 valence electrons. The van der Waals surface area contributed by atoms with Crippen LogP contribution in [0.3, 0.4) is 0 Å². The monoisotopic (exact) mass is 337 g/mol. The van der Waals surface area contributed by atoms with E-state index in [1.54, 1.807) is 36.4 Å². The van der Waals surface area contributed by atoms with Crippen LogP contribution in [0.5, 0.6) is 0 Å². The molecule has 0 atom stereocenters. The minimum Gasteiger partial charge on any atom is -0.465 e. The standard InChI is InChI=1S/C16H13Cl2NO3/c1-9-6-7-10(16(21)22-2)8-13(9)19-15(20)11-4-3-5-12(17)14(11)18/h3-8H,1-2H3,(H,19,20). The largest absolute Gasteiger partial charge is 0.465 e. The fourth-order valence-electron chi connectivity index (χ4n) is 1.87. The number of nitrogens with one attached hydrogen (secondary N) is 1. The Bertz CT molecular complexity index is 744. The molecule has 6 heteroatoms. The summed E-state index contributed by atoms with van der Waals surface area (Å²) in [6.07, 6.45) is 0. The van der Waals surface area contributed by atoms with Crippen molar-refractivity contribution in [2.75, 3.05) is 12.4 Å². The number of ether oxygens (including phenoxy) is 1. The molecule has 0 aliphatic rings. The van der Waals surface area contributed by atoms with E-state index in [0.717, 1.165) is 5.56 Å². The molecule has 0 aromatic heterocycles. The Labute approximate surface area is 138 Å². The van der Waals surface area contributed by atoms with E-state index in [4.69, 9.17) is 23.2 Å². The van der Waals surface area contributed by atoms with Gasteiger partial charge in [0, 0.05) is 5.69 Å². The van der Waals surface area contributed by atoms with Gasteiger partial charge < -0.3 is 10.1 Å². The number of esters is 1. The second-order valence-corrected chi connectivity index (χ2v) is 5.36. The molecule has 0 unspecified atom stereocenters. The molecular formula is C16H13Cl2NO3. The molecular weight excluding hydrogens is 325 g/mol. The first kappa shape index (κ1) is 16.3. The molecule has 0 fully saturated rings.